The maximum atomic E-state index is 13.9. The van der Waals surface area contributed by atoms with E-state index in [1.807, 2.05) is 6.92 Å². The Kier molecular flexibility index (Phi) is 6.26. The highest BCUT2D eigenvalue weighted by atomic mass is 19.4. The van der Waals surface area contributed by atoms with Crippen LogP contribution < -0.4 is 5.32 Å². The first-order chi connectivity index (χ1) is 14.1. The molecule has 2 unspecified atom stereocenters. The Morgan fingerprint density at radius 2 is 1.83 bits per heavy atom. The minimum atomic E-state index is -4.88. The highest BCUT2D eigenvalue weighted by Crippen LogP contribution is 2.39. The van der Waals surface area contributed by atoms with Crippen LogP contribution in [0.25, 0.3) is 11.0 Å². The molecule has 0 fully saturated rings. The highest BCUT2D eigenvalue weighted by Gasteiger charge is 2.54. The van der Waals surface area contributed by atoms with Crippen LogP contribution in [0.3, 0.4) is 0 Å². The average molecular weight is 421 g/mol. The van der Waals surface area contributed by atoms with Crippen molar-refractivity contribution in [1.29, 1.82) is 0 Å². The Morgan fingerprint density at radius 3 is 2.53 bits per heavy atom. The number of benzene rings is 2. The van der Waals surface area contributed by atoms with Crippen LogP contribution in [-0.4, -0.2) is 33.4 Å². The molecule has 0 aliphatic carbocycles. The van der Waals surface area contributed by atoms with E-state index in [0.29, 0.717) is 28.7 Å². The summed E-state index contributed by atoms with van der Waals surface area (Å²) in [5.74, 6) is -1.23. The van der Waals surface area contributed by atoms with Crippen LogP contribution in [-0.2, 0) is 6.42 Å². The lowest BCUT2D eigenvalue weighted by molar-refractivity contribution is -0.257. The van der Waals surface area contributed by atoms with Crippen LogP contribution in [0.15, 0.2) is 48.8 Å². The second-order valence-electron chi connectivity index (χ2n) is 7.41. The van der Waals surface area contributed by atoms with Crippen molar-refractivity contribution >= 4 is 16.7 Å². The fourth-order valence-electron chi connectivity index (χ4n) is 3.63. The molecule has 4 nitrogen and oxygen atoms in total. The van der Waals surface area contributed by atoms with E-state index in [-0.39, 0.29) is 0 Å². The van der Waals surface area contributed by atoms with Crippen molar-refractivity contribution < 1.29 is 22.7 Å². The van der Waals surface area contributed by atoms with E-state index in [4.69, 9.17) is 0 Å². The largest absolute Gasteiger partial charge is 0.418 e. The van der Waals surface area contributed by atoms with Gasteiger partial charge < -0.3 is 10.4 Å². The number of nitrogens with zero attached hydrogens (tertiary/aromatic N) is 2. The number of aliphatic hydroxyl groups is 1. The van der Waals surface area contributed by atoms with Crippen LogP contribution in [0.2, 0.25) is 0 Å². The van der Waals surface area contributed by atoms with E-state index < -0.39 is 36.5 Å². The van der Waals surface area contributed by atoms with Gasteiger partial charge in [0, 0.05) is 12.4 Å². The number of halogens is 4. The number of aryl methyl sites for hydroxylation is 1. The molecule has 2 N–H and O–H groups in total. The molecule has 0 saturated heterocycles. The fraction of sp³-hybridized carbons (Fsp3) is 0.364. The van der Waals surface area contributed by atoms with Gasteiger partial charge in [-0.1, -0.05) is 26.0 Å². The van der Waals surface area contributed by atoms with Gasteiger partial charge in [0.1, 0.15) is 11.3 Å². The summed E-state index contributed by atoms with van der Waals surface area (Å²) in [6.07, 6.45) is -2.01. The molecule has 0 saturated carbocycles. The van der Waals surface area contributed by atoms with E-state index in [2.05, 4.69) is 15.3 Å². The second kappa shape index (κ2) is 8.55. The number of hydrogen-bond acceptors (Lipinski definition) is 4. The second-order valence-corrected chi connectivity index (χ2v) is 7.41. The summed E-state index contributed by atoms with van der Waals surface area (Å²) in [6, 6.07) is 9.03. The fourth-order valence-corrected chi connectivity index (χ4v) is 3.63. The van der Waals surface area contributed by atoms with Crippen molar-refractivity contribution in [2.24, 2.45) is 0 Å². The third-order valence-corrected chi connectivity index (χ3v) is 5.26. The number of anilines is 1. The zero-order valence-electron chi connectivity index (χ0n) is 16.7. The standard InChI is InChI=1S/C22H23F4N3O/c1-3-15-7-8-16(23)11-17(15)14(2)12-21(30,22(24,25)26)13-29-19-6-4-5-18-20(19)28-10-9-27-18/h4-11,14,29-30H,3,12-13H2,1-2H3. The molecule has 30 heavy (non-hydrogen) atoms. The molecule has 2 atom stereocenters. The SMILES string of the molecule is CCc1ccc(F)cc1C(C)CC(O)(CNc1cccc2nccnc12)C(F)(F)F. The monoisotopic (exact) mass is 421 g/mol. The molecule has 0 spiro atoms. The molecule has 0 aliphatic heterocycles. The average Bonchev–Trinajstić information content (AvgIpc) is 2.71. The Labute approximate surface area is 172 Å². The van der Waals surface area contributed by atoms with E-state index in [1.165, 1.54) is 24.5 Å². The molecular formula is C22H23F4N3O. The molecule has 3 aromatic rings. The predicted octanol–water partition coefficient (Wildman–Crippen LogP) is 5.23. The Morgan fingerprint density at radius 1 is 1.10 bits per heavy atom. The van der Waals surface area contributed by atoms with E-state index in [0.717, 1.165) is 5.56 Å². The van der Waals surface area contributed by atoms with Crippen LogP contribution in [0, 0.1) is 5.82 Å². The molecule has 160 valence electrons. The molecule has 1 heterocycles. The number of alkyl halides is 3. The predicted molar refractivity (Wildman–Crippen MR) is 108 cm³/mol. The molecule has 3 rings (SSSR count). The first kappa shape index (κ1) is 22.0. The van der Waals surface area contributed by atoms with Crippen molar-refractivity contribution in [2.45, 2.75) is 44.4 Å². The van der Waals surface area contributed by atoms with Crippen LogP contribution in [0.5, 0.6) is 0 Å². The number of nitrogens with one attached hydrogen (secondary N) is 1. The van der Waals surface area contributed by atoms with Gasteiger partial charge >= 0.3 is 6.18 Å². The number of fused-ring (bicyclic) bond motifs is 1. The third kappa shape index (κ3) is 4.53. The van der Waals surface area contributed by atoms with Crippen molar-refractivity contribution in [1.82, 2.24) is 9.97 Å². The summed E-state index contributed by atoms with van der Waals surface area (Å²) in [7, 11) is 0. The van der Waals surface area contributed by atoms with Gasteiger partial charge in [-0.25, -0.2) is 4.39 Å². The normalized spacial score (nSPS) is 15.0. The Bertz CT molecular complexity index is 1020. The summed E-state index contributed by atoms with van der Waals surface area (Å²) in [4.78, 5) is 8.28. The molecule has 8 heteroatoms. The third-order valence-electron chi connectivity index (χ3n) is 5.26. The van der Waals surface area contributed by atoms with Gasteiger partial charge in [-0.15, -0.1) is 0 Å². The quantitative estimate of drug-likeness (QED) is 0.513. The summed E-state index contributed by atoms with van der Waals surface area (Å²) in [5, 5.41) is 13.3. The number of hydrogen-bond donors (Lipinski definition) is 2. The summed E-state index contributed by atoms with van der Waals surface area (Å²) >= 11 is 0. The molecule has 0 aliphatic rings. The molecule has 0 radical (unpaired) electrons. The van der Waals surface area contributed by atoms with Gasteiger partial charge in [-0.05, 0) is 54.2 Å². The van der Waals surface area contributed by atoms with Crippen LogP contribution >= 0.6 is 0 Å². The maximum Gasteiger partial charge on any atom is 0.418 e. The lowest BCUT2D eigenvalue weighted by atomic mass is 9.84. The molecule has 1 aromatic heterocycles. The van der Waals surface area contributed by atoms with Crippen LogP contribution in [0.1, 0.15) is 37.3 Å². The van der Waals surface area contributed by atoms with Crippen molar-refractivity contribution in [3.63, 3.8) is 0 Å². The topological polar surface area (TPSA) is 58.0 Å². The van der Waals surface area contributed by atoms with Gasteiger partial charge in [-0.3, -0.25) is 9.97 Å². The zero-order valence-corrected chi connectivity index (χ0v) is 16.7. The Balaban J connectivity index is 1.87. The summed E-state index contributed by atoms with van der Waals surface area (Å²) < 4.78 is 55.3. The zero-order chi connectivity index (χ0) is 21.9. The van der Waals surface area contributed by atoms with Gasteiger partial charge in [0.25, 0.3) is 0 Å². The molecule has 0 amide bonds. The lowest BCUT2D eigenvalue weighted by Gasteiger charge is -2.34. The summed E-state index contributed by atoms with van der Waals surface area (Å²) in [6.45, 7) is 2.64. The van der Waals surface area contributed by atoms with Gasteiger partial charge in [0.05, 0.1) is 17.7 Å². The molecule has 0 bridgehead atoms. The first-order valence-corrected chi connectivity index (χ1v) is 9.65. The maximum absolute atomic E-state index is 13.9. The highest BCUT2D eigenvalue weighted by molar-refractivity contribution is 5.87. The van der Waals surface area contributed by atoms with Crippen LogP contribution in [0.4, 0.5) is 23.2 Å². The van der Waals surface area contributed by atoms with Crippen molar-refractivity contribution in [2.75, 3.05) is 11.9 Å². The van der Waals surface area contributed by atoms with Crippen molar-refractivity contribution in [3.05, 3.63) is 65.7 Å². The molecular weight excluding hydrogens is 398 g/mol. The number of para-hydroxylation sites is 1. The van der Waals surface area contributed by atoms with Crippen molar-refractivity contribution in [3.8, 4) is 0 Å². The molecule has 2 aromatic carbocycles. The van der Waals surface area contributed by atoms with Gasteiger partial charge in [0.2, 0.25) is 0 Å². The Hall–Kier alpha value is -2.74. The number of aromatic nitrogens is 2. The van der Waals surface area contributed by atoms with Gasteiger partial charge in [0.15, 0.2) is 5.60 Å². The minimum absolute atomic E-state index is 0.343. The summed E-state index contributed by atoms with van der Waals surface area (Å²) in [5.41, 5.74) is -0.513. The first-order valence-electron chi connectivity index (χ1n) is 9.65. The van der Waals surface area contributed by atoms with E-state index in [1.54, 1.807) is 31.2 Å². The smallest absolute Gasteiger partial charge is 0.380 e. The minimum Gasteiger partial charge on any atom is -0.380 e. The van der Waals surface area contributed by atoms with E-state index in [9.17, 15) is 22.7 Å². The van der Waals surface area contributed by atoms with Gasteiger partial charge in [-0.2, -0.15) is 13.2 Å². The lowest BCUT2D eigenvalue weighted by Crippen LogP contribution is -2.51. The number of rotatable bonds is 7. The van der Waals surface area contributed by atoms with E-state index >= 15 is 0 Å².